The first kappa shape index (κ1) is 26.9. The van der Waals surface area contributed by atoms with Gasteiger partial charge in [-0.15, -0.1) is 0 Å². The Hall–Kier alpha value is -2.33. The van der Waals surface area contributed by atoms with Gasteiger partial charge in [0.25, 0.3) is 0 Å². The molecular formula is C28H37ClO4. The number of ether oxygens (including phenoxy) is 2. The Morgan fingerprint density at radius 3 is 2.36 bits per heavy atom. The van der Waals surface area contributed by atoms with Crippen LogP contribution in [0.25, 0.3) is 0 Å². The average molecular weight is 473 g/mol. The number of carbonyl (C=O) groups excluding carboxylic acids is 2. The van der Waals surface area contributed by atoms with Crippen LogP contribution >= 0.6 is 11.6 Å². The second-order valence-corrected chi connectivity index (χ2v) is 10.1. The van der Waals surface area contributed by atoms with Crippen molar-refractivity contribution in [3.05, 3.63) is 63.7 Å². The minimum absolute atomic E-state index is 0.0825. The summed E-state index contributed by atoms with van der Waals surface area (Å²) in [4.78, 5) is 26.0. The van der Waals surface area contributed by atoms with Crippen LogP contribution < -0.4 is 4.74 Å². The standard InChI is InChI=1S/C28H37ClO4/c1-8-13-28(6,7)21-15-19(5)25(33-26(30)20-11-10-12-22(29)16-20)23(17-21)24(14-18(3)4)27(31)32-9-2/h10-12,15-18,24H,8-9,13-14H2,1-7H3. The van der Waals surface area contributed by atoms with Crippen LogP contribution in [-0.4, -0.2) is 18.5 Å². The Bertz CT molecular complexity index is 978. The highest BCUT2D eigenvalue weighted by Gasteiger charge is 2.31. The van der Waals surface area contributed by atoms with E-state index in [2.05, 4.69) is 40.7 Å². The fourth-order valence-corrected chi connectivity index (χ4v) is 4.38. The van der Waals surface area contributed by atoms with Crippen LogP contribution in [0.5, 0.6) is 5.75 Å². The summed E-state index contributed by atoms with van der Waals surface area (Å²) in [5.74, 6) is -0.646. The summed E-state index contributed by atoms with van der Waals surface area (Å²) in [5.41, 5.74) is 2.93. The fourth-order valence-electron chi connectivity index (χ4n) is 4.19. The minimum atomic E-state index is -0.525. The number of esters is 2. The Morgan fingerprint density at radius 2 is 1.79 bits per heavy atom. The topological polar surface area (TPSA) is 52.6 Å². The maximum Gasteiger partial charge on any atom is 0.343 e. The van der Waals surface area contributed by atoms with E-state index in [1.807, 2.05) is 13.0 Å². The molecular weight excluding hydrogens is 436 g/mol. The van der Waals surface area contributed by atoms with Crippen molar-refractivity contribution in [3.8, 4) is 5.75 Å². The number of aryl methyl sites for hydroxylation is 1. The van der Waals surface area contributed by atoms with E-state index in [1.165, 1.54) is 0 Å². The molecule has 0 bridgehead atoms. The van der Waals surface area contributed by atoms with E-state index in [4.69, 9.17) is 21.1 Å². The van der Waals surface area contributed by atoms with E-state index in [1.54, 1.807) is 31.2 Å². The SMILES string of the molecule is CCCC(C)(C)c1cc(C)c(OC(=O)c2cccc(Cl)c2)c(C(CC(C)C)C(=O)OCC)c1. The summed E-state index contributed by atoms with van der Waals surface area (Å²) in [7, 11) is 0. The van der Waals surface area contributed by atoms with Crippen LogP contribution in [0.1, 0.15) is 93.8 Å². The van der Waals surface area contributed by atoms with Crippen molar-refractivity contribution >= 4 is 23.5 Å². The predicted octanol–water partition coefficient (Wildman–Crippen LogP) is 7.64. The van der Waals surface area contributed by atoms with Gasteiger partial charge in [-0.3, -0.25) is 4.79 Å². The van der Waals surface area contributed by atoms with E-state index in [9.17, 15) is 9.59 Å². The highest BCUT2D eigenvalue weighted by atomic mass is 35.5. The lowest BCUT2D eigenvalue weighted by molar-refractivity contribution is -0.145. The van der Waals surface area contributed by atoms with Gasteiger partial charge in [-0.1, -0.05) is 70.8 Å². The molecule has 0 fully saturated rings. The molecule has 0 aliphatic heterocycles. The van der Waals surface area contributed by atoms with Gasteiger partial charge < -0.3 is 9.47 Å². The van der Waals surface area contributed by atoms with Crippen LogP contribution in [-0.2, 0) is 14.9 Å². The molecule has 4 nitrogen and oxygen atoms in total. The zero-order valence-corrected chi connectivity index (χ0v) is 21.7. The van der Waals surface area contributed by atoms with Gasteiger partial charge in [0.1, 0.15) is 5.75 Å². The lowest BCUT2D eigenvalue weighted by Crippen LogP contribution is -2.23. The largest absolute Gasteiger partial charge is 0.466 e. The van der Waals surface area contributed by atoms with E-state index in [0.717, 1.165) is 24.0 Å². The van der Waals surface area contributed by atoms with Crippen LogP contribution in [0.4, 0.5) is 0 Å². The zero-order chi connectivity index (χ0) is 24.8. The van der Waals surface area contributed by atoms with Crippen molar-refractivity contribution in [2.45, 2.75) is 79.1 Å². The molecule has 0 amide bonds. The lowest BCUT2D eigenvalue weighted by atomic mass is 9.77. The smallest absolute Gasteiger partial charge is 0.343 e. The van der Waals surface area contributed by atoms with Crippen molar-refractivity contribution in [1.29, 1.82) is 0 Å². The van der Waals surface area contributed by atoms with E-state index < -0.39 is 11.9 Å². The van der Waals surface area contributed by atoms with Crippen LogP contribution in [0.3, 0.4) is 0 Å². The number of hydrogen-bond acceptors (Lipinski definition) is 4. The van der Waals surface area contributed by atoms with Crippen molar-refractivity contribution in [3.63, 3.8) is 0 Å². The molecule has 1 atom stereocenters. The molecule has 0 saturated heterocycles. The molecule has 33 heavy (non-hydrogen) atoms. The number of hydrogen-bond donors (Lipinski definition) is 0. The van der Waals surface area contributed by atoms with Crippen LogP contribution in [0, 0.1) is 12.8 Å². The van der Waals surface area contributed by atoms with Gasteiger partial charge >= 0.3 is 11.9 Å². The Kier molecular flexibility index (Phi) is 9.54. The van der Waals surface area contributed by atoms with Gasteiger partial charge in [0.2, 0.25) is 0 Å². The van der Waals surface area contributed by atoms with Gasteiger partial charge in [0.15, 0.2) is 0 Å². The molecule has 1 unspecified atom stereocenters. The summed E-state index contributed by atoms with van der Waals surface area (Å²) < 4.78 is 11.4. The second kappa shape index (κ2) is 11.7. The predicted molar refractivity (Wildman–Crippen MR) is 134 cm³/mol. The van der Waals surface area contributed by atoms with Crippen LogP contribution in [0.15, 0.2) is 36.4 Å². The highest BCUT2D eigenvalue weighted by Crippen LogP contribution is 2.40. The fraction of sp³-hybridized carbons (Fsp3) is 0.500. The molecule has 180 valence electrons. The first-order chi connectivity index (χ1) is 15.5. The third-order valence-electron chi connectivity index (χ3n) is 5.87. The molecule has 0 aromatic heterocycles. The summed E-state index contributed by atoms with van der Waals surface area (Å²) in [6.07, 6.45) is 2.64. The van der Waals surface area contributed by atoms with Gasteiger partial charge in [-0.2, -0.15) is 0 Å². The van der Waals surface area contributed by atoms with Gasteiger partial charge in [-0.25, -0.2) is 4.79 Å². The molecule has 2 aromatic rings. The minimum Gasteiger partial charge on any atom is -0.466 e. The molecule has 0 aliphatic rings. The molecule has 2 aromatic carbocycles. The number of halogens is 1. The normalized spacial score (nSPS) is 12.5. The second-order valence-electron chi connectivity index (χ2n) is 9.68. The third kappa shape index (κ3) is 7.07. The van der Waals surface area contributed by atoms with Gasteiger partial charge in [0, 0.05) is 10.6 Å². The summed E-state index contributed by atoms with van der Waals surface area (Å²) in [5, 5.41) is 0.460. The highest BCUT2D eigenvalue weighted by molar-refractivity contribution is 6.30. The van der Waals surface area contributed by atoms with Crippen molar-refractivity contribution < 1.29 is 19.1 Å². The maximum absolute atomic E-state index is 13.0. The molecule has 5 heteroatoms. The lowest BCUT2D eigenvalue weighted by Gasteiger charge is -2.29. The quantitative estimate of drug-likeness (QED) is 0.263. The van der Waals surface area contributed by atoms with Crippen molar-refractivity contribution in [2.24, 2.45) is 5.92 Å². The van der Waals surface area contributed by atoms with E-state index >= 15 is 0 Å². The number of rotatable bonds is 10. The maximum atomic E-state index is 13.0. The molecule has 0 spiro atoms. The Balaban J connectivity index is 2.65. The summed E-state index contributed by atoms with van der Waals surface area (Å²) >= 11 is 6.07. The molecule has 0 N–H and O–H groups in total. The number of benzene rings is 2. The summed E-state index contributed by atoms with van der Waals surface area (Å²) in [6.45, 7) is 14.7. The molecule has 0 aliphatic carbocycles. The first-order valence-corrected chi connectivity index (χ1v) is 12.2. The Labute approximate surface area is 203 Å². The van der Waals surface area contributed by atoms with Crippen molar-refractivity contribution in [1.82, 2.24) is 0 Å². The summed E-state index contributed by atoms with van der Waals surface area (Å²) in [6, 6.07) is 10.8. The third-order valence-corrected chi connectivity index (χ3v) is 6.10. The van der Waals surface area contributed by atoms with Gasteiger partial charge in [-0.05, 0) is 67.3 Å². The molecule has 2 rings (SSSR count). The molecule has 0 heterocycles. The van der Waals surface area contributed by atoms with E-state index in [0.29, 0.717) is 34.9 Å². The zero-order valence-electron chi connectivity index (χ0n) is 21.0. The van der Waals surface area contributed by atoms with Crippen molar-refractivity contribution in [2.75, 3.05) is 6.61 Å². The Morgan fingerprint density at radius 1 is 1.09 bits per heavy atom. The van der Waals surface area contributed by atoms with Gasteiger partial charge in [0.05, 0.1) is 18.1 Å². The average Bonchev–Trinajstić information content (AvgIpc) is 2.73. The monoisotopic (exact) mass is 472 g/mol. The van der Waals surface area contributed by atoms with E-state index in [-0.39, 0.29) is 17.3 Å². The van der Waals surface area contributed by atoms with Crippen LogP contribution in [0.2, 0.25) is 5.02 Å². The molecule has 0 radical (unpaired) electrons. The number of carbonyl (C=O) groups is 2. The molecule has 0 saturated carbocycles. The first-order valence-electron chi connectivity index (χ1n) is 11.8.